The molecule has 4 aromatic rings. The number of anilines is 1. The van der Waals surface area contributed by atoms with Gasteiger partial charge in [0, 0.05) is 16.3 Å². The molecule has 3 aromatic carbocycles. The zero-order valence-electron chi connectivity index (χ0n) is 15.1. The molecule has 1 atom stereocenters. The molecule has 0 aliphatic carbocycles. The van der Waals surface area contributed by atoms with Gasteiger partial charge in [0.2, 0.25) is 5.89 Å². The molecule has 1 N–H and O–H groups in total. The Kier molecular flexibility index (Phi) is 5.00. The minimum Gasteiger partial charge on any atom is -0.481 e. The number of nitrogens with one attached hydrogen (secondary N) is 1. The van der Waals surface area contributed by atoms with Crippen molar-refractivity contribution >= 4 is 34.3 Å². The lowest BCUT2D eigenvalue weighted by Crippen LogP contribution is -2.30. The van der Waals surface area contributed by atoms with Gasteiger partial charge in [-0.3, -0.25) is 4.79 Å². The lowest BCUT2D eigenvalue weighted by molar-refractivity contribution is -0.122. The number of ether oxygens (including phenoxy) is 1. The van der Waals surface area contributed by atoms with Gasteiger partial charge in [0.15, 0.2) is 11.7 Å². The highest BCUT2D eigenvalue weighted by Gasteiger charge is 2.16. The van der Waals surface area contributed by atoms with Crippen molar-refractivity contribution in [3.63, 3.8) is 0 Å². The third-order valence-corrected chi connectivity index (χ3v) is 4.39. The number of amides is 1. The molecule has 1 aromatic heterocycles. The fourth-order valence-corrected chi connectivity index (χ4v) is 2.94. The van der Waals surface area contributed by atoms with E-state index in [0.717, 1.165) is 5.56 Å². The predicted molar refractivity (Wildman–Crippen MR) is 110 cm³/mol. The first-order valence-electron chi connectivity index (χ1n) is 8.77. The van der Waals surface area contributed by atoms with Crippen molar-refractivity contribution in [2.75, 3.05) is 5.32 Å². The van der Waals surface area contributed by atoms with E-state index in [4.69, 9.17) is 20.8 Å². The van der Waals surface area contributed by atoms with Gasteiger partial charge in [-0.15, -0.1) is 0 Å². The minimum atomic E-state index is -0.641. The molecule has 140 valence electrons. The summed E-state index contributed by atoms with van der Waals surface area (Å²) < 4.78 is 11.4. The fourth-order valence-electron chi connectivity index (χ4n) is 2.75. The van der Waals surface area contributed by atoms with Crippen LogP contribution < -0.4 is 10.1 Å². The van der Waals surface area contributed by atoms with E-state index >= 15 is 0 Å². The molecule has 28 heavy (non-hydrogen) atoms. The van der Waals surface area contributed by atoms with Gasteiger partial charge < -0.3 is 14.5 Å². The van der Waals surface area contributed by atoms with Crippen LogP contribution in [0.5, 0.6) is 5.75 Å². The molecule has 1 heterocycles. The summed E-state index contributed by atoms with van der Waals surface area (Å²) in [6.45, 7) is 1.70. The first-order valence-corrected chi connectivity index (χ1v) is 9.15. The number of aromatic nitrogens is 1. The number of benzene rings is 3. The van der Waals surface area contributed by atoms with Crippen LogP contribution in [0.15, 0.2) is 77.2 Å². The Balaban J connectivity index is 1.50. The molecule has 6 heteroatoms. The number of para-hydroxylation sites is 1. The van der Waals surface area contributed by atoms with Crippen molar-refractivity contribution in [3.05, 3.63) is 77.8 Å². The smallest absolute Gasteiger partial charge is 0.265 e. The third kappa shape index (κ3) is 4.00. The normalized spacial score (nSPS) is 11.9. The topological polar surface area (TPSA) is 64.4 Å². The molecule has 0 unspecified atom stereocenters. The number of nitrogens with zero attached hydrogens (tertiary/aromatic N) is 1. The first-order chi connectivity index (χ1) is 13.6. The minimum absolute atomic E-state index is 0.248. The molecule has 0 bridgehead atoms. The molecule has 0 saturated heterocycles. The quantitative estimate of drug-likeness (QED) is 0.483. The van der Waals surface area contributed by atoms with E-state index in [2.05, 4.69) is 10.3 Å². The highest BCUT2D eigenvalue weighted by Crippen LogP contribution is 2.27. The average Bonchev–Trinajstić information content (AvgIpc) is 3.12. The zero-order valence-corrected chi connectivity index (χ0v) is 15.8. The summed E-state index contributed by atoms with van der Waals surface area (Å²) in [7, 11) is 0. The maximum absolute atomic E-state index is 12.4. The van der Waals surface area contributed by atoms with Crippen molar-refractivity contribution < 1.29 is 13.9 Å². The van der Waals surface area contributed by atoms with Gasteiger partial charge in [-0.1, -0.05) is 35.9 Å². The summed E-state index contributed by atoms with van der Waals surface area (Å²) in [6.07, 6.45) is -0.641. The first kappa shape index (κ1) is 18.1. The highest BCUT2D eigenvalue weighted by atomic mass is 35.5. The van der Waals surface area contributed by atoms with E-state index in [1.165, 1.54) is 0 Å². The lowest BCUT2D eigenvalue weighted by atomic mass is 10.2. The van der Waals surface area contributed by atoms with Crippen molar-refractivity contribution in [1.29, 1.82) is 0 Å². The maximum atomic E-state index is 12.4. The van der Waals surface area contributed by atoms with Crippen LogP contribution in [0, 0.1) is 0 Å². The zero-order chi connectivity index (χ0) is 19.5. The molecule has 0 aliphatic heterocycles. The lowest BCUT2D eigenvalue weighted by Gasteiger charge is -2.14. The number of oxazole rings is 1. The Hall–Kier alpha value is -3.31. The summed E-state index contributed by atoms with van der Waals surface area (Å²) in [4.78, 5) is 16.9. The molecular formula is C22H17ClN2O3. The molecule has 0 saturated carbocycles. The predicted octanol–water partition coefficient (Wildman–Crippen LogP) is 5.55. The van der Waals surface area contributed by atoms with E-state index in [0.29, 0.717) is 33.4 Å². The fraction of sp³-hybridized carbons (Fsp3) is 0.0909. The van der Waals surface area contributed by atoms with E-state index in [1.54, 1.807) is 37.3 Å². The average molecular weight is 393 g/mol. The van der Waals surface area contributed by atoms with Crippen molar-refractivity contribution in [2.24, 2.45) is 0 Å². The molecule has 0 spiro atoms. The van der Waals surface area contributed by atoms with Crippen LogP contribution in [0.1, 0.15) is 6.92 Å². The number of hydrogen-bond donors (Lipinski definition) is 1. The van der Waals surface area contributed by atoms with Gasteiger partial charge in [-0.05, 0) is 55.5 Å². The number of fused-ring (bicyclic) bond motifs is 1. The number of hydrogen-bond acceptors (Lipinski definition) is 4. The van der Waals surface area contributed by atoms with Crippen LogP contribution in [-0.2, 0) is 4.79 Å². The molecule has 5 nitrogen and oxygen atoms in total. The van der Waals surface area contributed by atoms with E-state index in [9.17, 15) is 4.79 Å². The van der Waals surface area contributed by atoms with Crippen molar-refractivity contribution in [3.8, 4) is 17.2 Å². The Morgan fingerprint density at radius 2 is 1.89 bits per heavy atom. The van der Waals surface area contributed by atoms with Gasteiger partial charge in [-0.2, -0.15) is 0 Å². The van der Waals surface area contributed by atoms with Crippen molar-refractivity contribution in [1.82, 2.24) is 4.98 Å². The summed E-state index contributed by atoms with van der Waals surface area (Å²) in [5.74, 6) is 0.867. The van der Waals surface area contributed by atoms with E-state index in [-0.39, 0.29) is 5.91 Å². The number of carbonyl (C=O) groups is 1. The SMILES string of the molecule is C[C@@H](Oc1ccccc1)C(=O)Nc1ccc2oc(-c3cccc(Cl)c3)nc2c1. The van der Waals surface area contributed by atoms with Crippen LogP contribution in [0.2, 0.25) is 5.02 Å². The van der Waals surface area contributed by atoms with Crippen LogP contribution >= 0.6 is 11.6 Å². The molecule has 0 fully saturated rings. The number of rotatable bonds is 5. The van der Waals surface area contributed by atoms with Crippen LogP contribution in [-0.4, -0.2) is 17.0 Å². The Labute approximate surface area is 166 Å². The second-order valence-corrected chi connectivity index (χ2v) is 6.71. The number of halogens is 1. The van der Waals surface area contributed by atoms with Crippen LogP contribution in [0.4, 0.5) is 5.69 Å². The highest BCUT2D eigenvalue weighted by molar-refractivity contribution is 6.30. The van der Waals surface area contributed by atoms with Gasteiger partial charge in [0.25, 0.3) is 5.91 Å². The molecule has 0 radical (unpaired) electrons. The summed E-state index contributed by atoms with van der Waals surface area (Å²) >= 11 is 6.03. The monoisotopic (exact) mass is 392 g/mol. The Bertz CT molecular complexity index is 1130. The molecular weight excluding hydrogens is 376 g/mol. The van der Waals surface area contributed by atoms with E-state index < -0.39 is 6.10 Å². The van der Waals surface area contributed by atoms with Gasteiger partial charge in [0.1, 0.15) is 11.3 Å². The third-order valence-electron chi connectivity index (χ3n) is 4.15. The van der Waals surface area contributed by atoms with Gasteiger partial charge >= 0.3 is 0 Å². The van der Waals surface area contributed by atoms with Crippen molar-refractivity contribution in [2.45, 2.75) is 13.0 Å². The van der Waals surface area contributed by atoms with Gasteiger partial charge in [-0.25, -0.2) is 4.98 Å². The largest absolute Gasteiger partial charge is 0.481 e. The summed E-state index contributed by atoms with van der Waals surface area (Å²) in [6, 6.07) is 21.8. The molecule has 4 rings (SSSR count). The van der Waals surface area contributed by atoms with Crippen LogP contribution in [0.3, 0.4) is 0 Å². The Morgan fingerprint density at radius 3 is 2.68 bits per heavy atom. The summed E-state index contributed by atoms with van der Waals surface area (Å²) in [5.41, 5.74) is 2.68. The second-order valence-electron chi connectivity index (χ2n) is 6.27. The van der Waals surface area contributed by atoms with Crippen LogP contribution in [0.25, 0.3) is 22.6 Å². The standard InChI is InChI=1S/C22H17ClN2O3/c1-14(27-18-8-3-2-4-9-18)21(26)24-17-10-11-20-19(13-17)25-22(28-20)15-6-5-7-16(23)12-15/h2-14H,1H3,(H,24,26)/t14-/m1/s1. The molecule has 0 aliphatic rings. The molecule has 1 amide bonds. The Morgan fingerprint density at radius 1 is 1.07 bits per heavy atom. The second kappa shape index (κ2) is 7.74. The van der Waals surface area contributed by atoms with E-state index in [1.807, 2.05) is 42.5 Å². The van der Waals surface area contributed by atoms with Gasteiger partial charge in [0.05, 0.1) is 0 Å². The number of carbonyl (C=O) groups excluding carboxylic acids is 1. The summed E-state index contributed by atoms with van der Waals surface area (Å²) in [5, 5.41) is 3.46. The maximum Gasteiger partial charge on any atom is 0.265 e.